The van der Waals surface area contributed by atoms with Gasteiger partial charge >= 0.3 is 0 Å². The van der Waals surface area contributed by atoms with E-state index in [9.17, 15) is 0 Å². The second kappa shape index (κ2) is 10.8. The zero-order valence-corrected chi connectivity index (χ0v) is 25.2. The van der Waals surface area contributed by atoms with Gasteiger partial charge in [-0.1, -0.05) is 121 Å². The molecule has 46 heavy (non-hydrogen) atoms. The smallest absolute Gasteiger partial charge is 0.0625 e. The van der Waals surface area contributed by atoms with Crippen molar-refractivity contribution in [1.82, 2.24) is 4.57 Å². The van der Waals surface area contributed by atoms with Gasteiger partial charge in [-0.3, -0.25) is 0 Å². The van der Waals surface area contributed by atoms with Crippen molar-refractivity contribution in [3.05, 3.63) is 182 Å². The zero-order valence-electron chi connectivity index (χ0n) is 25.2. The minimum atomic E-state index is 1.12. The van der Waals surface area contributed by atoms with E-state index in [-0.39, 0.29) is 0 Å². The average Bonchev–Trinajstić information content (AvgIpc) is 3.45. The second-order valence-corrected chi connectivity index (χ2v) is 11.8. The summed E-state index contributed by atoms with van der Waals surface area (Å²) in [7, 11) is 0. The van der Waals surface area contributed by atoms with Crippen molar-refractivity contribution in [3.8, 4) is 16.8 Å². The van der Waals surface area contributed by atoms with Gasteiger partial charge in [-0.15, -0.1) is 0 Å². The molecule has 0 aliphatic heterocycles. The highest BCUT2D eigenvalue weighted by Gasteiger charge is 2.20. The molecule has 0 saturated heterocycles. The molecular formula is C44H30N2. The van der Waals surface area contributed by atoms with Gasteiger partial charge in [0.2, 0.25) is 0 Å². The van der Waals surface area contributed by atoms with Crippen LogP contribution in [0, 0.1) is 0 Å². The van der Waals surface area contributed by atoms with Crippen molar-refractivity contribution >= 4 is 60.4 Å². The number of fused-ring (bicyclic) bond motifs is 5. The third kappa shape index (κ3) is 4.27. The minimum absolute atomic E-state index is 1.12. The van der Waals surface area contributed by atoms with Gasteiger partial charge in [0.25, 0.3) is 0 Å². The topological polar surface area (TPSA) is 8.17 Å². The lowest BCUT2D eigenvalue weighted by Crippen LogP contribution is -2.09. The van der Waals surface area contributed by atoms with Gasteiger partial charge in [0.1, 0.15) is 0 Å². The molecule has 0 spiro atoms. The molecule has 0 aliphatic carbocycles. The summed E-state index contributed by atoms with van der Waals surface area (Å²) >= 11 is 0. The first-order valence-electron chi connectivity index (χ1n) is 15.8. The Hall–Kier alpha value is -6.12. The van der Waals surface area contributed by atoms with Gasteiger partial charge in [-0.05, 0) is 87.8 Å². The van der Waals surface area contributed by atoms with Gasteiger partial charge in [-0.2, -0.15) is 0 Å². The molecule has 2 heteroatoms. The van der Waals surface area contributed by atoms with Crippen LogP contribution in [0.5, 0.6) is 0 Å². The first-order chi connectivity index (χ1) is 22.8. The number of anilines is 3. The Labute approximate surface area is 268 Å². The fourth-order valence-electron chi connectivity index (χ4n) is 7.05. The van der Waals surface area contributed by atoms with E-state index >= 15 is 0 Å². The number of hydrogen-bond acceptors (Lipinski definition) is 1. The van der Waals surface area contributed by atoms with E-state index in [0.717, 1.165) is 22.7 Å². The lowest BCUT2D eigenvalue weighted by atomic mass is 9.94. The van der Waals surface area contributed by atoms with E-state index in [1.165, 1.54) is 54.5 Å². The standard InChI is InChI=1S/C44H30N2/c1-3-16-35(17-4-1)45(36-18-5-2-6-19-36)37-26-24-32(25-27-37)43-39-20-10-9-15-34(39)30-41-40-21-11-12-22-42(40)46(44(41)43)38-28-23-31-13-7-8-14-33(31)29-38/h1-30H. The van der Waals surface area contributed by atoms with Crippen LogP contribution in [0.2, 0.25) is 0 Å². The van der Waals surface area contributed by atoms with Gasteiger partial charge in [0.05, 0.1) is 11.0 Å². The van der Waals surface area contributed by atoms with E-state index in [4.69, 9.17) is 0 Å². The molecule has 1 heterocycles. The van der Waals surface area contributed by atoms with Crippen molar-refractivity contribution < 1.29 is 0 Å². The molecule has 8 aromatic carbocycles. The quantitative estimate of drug-likeness (QED) is 0.195. The predicted molar refractivity (Wildman–Crippen MR) is 196 cm³/mol. The van der Waals surface area contributed by atoms with E-state index in [1.807, 2.05) is 0 Å². The molecule has 9 rings (SSSR count). The SMILES string of the molecule is c1ccc(N(c2ccccc2)c2ccc(-c3c4ccccc4cc4c5ccccc5n(-c5ccc6ccccc6c5)c34)cc2)cc1. The number of aromatic nitrogens is 1. The number of para-hydroxylation sites is 3. The van der Waals surface area contributed by atoms with Crippen LogP contribution in [-0.2, 0) is 0 Å². The molecule has 0 bridgehead atoms. The minimum Gasteiger partial charge on any atom is -0.311 e. The zero-order chi connectivity index (χ0) is 30.5. The molecule has 216 valence electrons. The third-order valence-electron chi connectivity index (χ3n) is 9.11. The van der Waals surface area contributed by atoms with Crippen LogP contribution < -0.4 is 4.90 Å². The van der Waals surface area contributed by atoms with Crippen molar-refractivity contribution in [2.75, 3.05) is 4.90 Å². The largest absolute Gasteiger partial charge is 0.311 e. The molecule has 0 aliphatic rings. The van der Waals surface area contributed by atoms with Crippen molar-refractivity contribution in [1.29, 1.82) is 0 Å². The summed E-state index contributed by atoms with van der Waals surface area (Å²) in [5.41, 5.74) is 9.42. The molecule has 0 N–H and O–H groups in total. The summed E-state index contributed by atoms with van der Waals surface area (Å²) < 4.78 is 2.47. The van der Waals surface area contributed by atoms with Crippen molar-refractivity contribution in [2.45, 2.75) is 0 Å². The predicted octanol–water partition coefficient (Wildman–Crippen LogP) is 12.2. The van der Waals surface area contributed by atoms with Crippen LogP contribution >= 0.6 is 0 Å². The summed E-state index contributed by atoms with van der Waals surface area (Å²) in [6.45, 7) is 0. The molecule has 0 atom stereocenters. The van der Waals surface area contributed by atoms with Crippen LogP contribution in [0.4, 0.5) is 17.1 Å². The van der Waals surface area contributed by atoms with Gasteiger partial charge < -0.3 is 9.47 Å². The summed E-state index contributed by atoms with van der Waals surface area (Å²) in [4.78, 5) is 2.31. The Bertz CT molecular complexity index is 2470. The monoisotopic (exact) mass is 586 g/mol. The van der Waals surface area contributed by atoms with Crippen LogP contribution in [0.1, 0.15) is 0 Å². The summed E-state index contributed by atoms with van der Waals surface area (Å²) in [5, 5.41) is 7.49. The number of hydrogen-bond donors (Lipinski definition) is 0. The molecule has 2 nitrogen and oxygen atoms in total. The van der Waals surface area contributed by atoms with E-state index in [2.05, 4.69) is 191 Å². The second-order valence-electron chi connectivity index (χ2n) is 11.8. The Morgan fingerprint density at radius 1 is 0.370 bits per heavy atom. The maximum Gasteiger partial charge on any atom is 0.0625 e. The van der Waals surface area contributed by atoms with E-state index < -0.39 is 0 Å². The van der Waals surface area contributed by atoms with E-state index in [0.29, 0.717) is 0 Å². The van der Waals surface area contributed by atoms with Crippen LogP contribution in [0.25, 0.3) is 60.2 Å². The number of nitrogens with zero attached hydrogens (tertiary/aromatic N) is 2. The maximum absolute atomic E-state index is 2.47. The normalized spacial score (nSPS) is 11.5. The Kier molecular flexibility index (Phi) is 6.17. The fourth-order valence-corrected chi connectivity index (χ4v) is 7.05. The van der Waals surface area contributed by atoms with Crippen LogP contribution in [-0.4, -0.2) is 4.57 Å². The average molecular weight is 587 g/mol. The van der Waals surface area contributed by atoms with Crippen LogP contribution in [0.15, 0.2) is 182 Å². The molecule has 0 fully saturated rings. The number of rotatable bonds is 5. The Morgan fingerprint density at radius 3 is 1.65 bits per heavy atom. The lowest BCUT2D eigenvalue weighted by Gasteiger charge is -2.25. The first-order valence-corrected chi connectivity index (χ1v) is 15.8. The summed E-state index contributed by atoms with van der Waals surface area (Å²) in [6.07, 6.45) is 0. The number of benzene rings is 8. The summed E-state index contributed by atoms with van der Waals surface area (Å²) in [5.74, 6) is 0. The molecule has 1 aromatic heterocycles. The highest BCUT2D eigenvalue weighted by Crippen LogP contribution is 2.44. The first kappa shape index (κ1) is 26.3. The third-order valence-corrected chi connectivity index (χ3v) is 9.11. The highest BCUT2D eigenvalue weighted by atomic mass is 15.1. The van der Waals surface area contributed by atoms with Crippen molar-refractivity contribution in [2.24, 2.45) is 0 Å². The van der Waals surface area contributed by atoms with Gasteiger partial charge in [0.15, 0.2) is 0 Å². The van der Waals surface area contributed by atoms with Crippen molar-refractivity contribution in [3.63, 3.8) is 0 Å². The lowest BCUT2D eigenvalue weighted by molar-refractivity contribution is 1.19. The van der Waals surface area contributed by atoms with Crippen LogP contribution in [0.3, 0.4) is 0 Å². The van der Waals surface area contributed by atoms with Gasteiger partial charge in [-0.25, -0.2) is 0 Å². The molecule has 0 saturated carbocycles. The van der Waals surface area contributed by atoms with Gasteiger partial charge in [0, 0.05) is 39.1 Å². The Balaban J connectivity index is 1.32. The Morgan fingerprint density at radius 2 is 0.935 bits per heavy atom. The highest BCUT2D eigenvalue weighted by molar-refractivity contribution is 6.21. The van der Waals surface area contributed by atoms with E-state index in [1.54, 1.807) is 0 Å². The molecule has 0 radical (unpaired) electrons. The molecule has 0 unspecified atom stereocenters. The molecule has 0 amide bonds. The maximum atomic E-state index is 2.47. The summed E-state index contributed by atoms with van der Waals surface area (Å²) in [6, 6.07) is 65.7. The molecule has 9 aromatic rings. The fraction of sp³-hybridized carbons (Fsp3) is 0. The molecular weight excluding hydrogens is 556 g/mol.